The number of nitrogens with two attached hydrogens (primary N) is 1. The van der Waals surface area contributed by atoms with E-state index in [-0.39, 0.29) is 11.2 Å². The number of aromatic nitrogens is 4. The zero-order chi connectivity index (χ0) is 22.0. The average molecular weight is 460 g/mol. The highest BCUT2D eigenvalue weighted by atomic mass is 35.5. The first-order chi connectivity index (χ1) is 14.8. The number of rotatable bonds is 5. The molecule has 11 heteroatoms. The van der Waals surface area contributed by atoms with Gasteiger partial charge in [-0.1, -0.05) is 30.3 Å². The molecular formula is C20H22ClN7O2S. The van der Waals surface area contributed by atoms with Crippen molar-refractivity contribution in [3.8, 4) is 0 Å². The summed E-state index contributed by atoms with van der Waals surface area (Å²) in [7, 11) is 0. The summed E-state index contributed by atoms with van der Waals surface area (Å²) < 4.78 is 0. The number of hydrogen-bond donors (Lipinski definition) is 3. The zero-order valence-corrected chi connectivity index (χ0v) is 18.4. The number of piperidine rings is 1. The molecule has 162 valence electrons. The molecule has 4 heterocycles. The highest BCUT2D eigenvalue weighted by Gasteiger charge is 2.31. The van der Waals surface area contributed by atoms with Crippen LogP contribution in [0.3, 0.4) is 0 Å². The van der Waals surface area contributed by atoms with Gasteiger partial charge >= 0.3 is 6.09 Å². The van der Waals surface area contributed by atoms with Crippen molar-refractivity contribution in [3.63, 3.8) is 0 Å². The van der Waals surface area contributed by atoms with Crippen LogP contribution in [0.25, 0.3) is 11.2 Å². The molecule has 3 aromatic rings. The lowest BCUT2D eigenvalue weighted by Crippen LogP contribution is -2.44. The molecule has 1 amide bonds. The molecule has 0 unspecified atom stereocenters. The van der Waals surface area contributed by atoms with Crippen molar-refractivity contribution >= 4 is 52.3 Å². The number of nitrogens with one attached hydrogen (secondary N) is 1. The maximum atomic E-state index is 10.8. The molecule has 0 spiro atoms. The lowest BCUT2D eigenvalue weighted by molar-refractivity contribution is 0.178. The lowest BCUT2D eigenvalue weighted by atomic mass is 9.80. The molecule has 1 fully saturated rings. The van der Waals surface area contributed by atoms with Gasteiger partial charge in [-0.3, -0.25) is 0 Å². The van der Waals surface area contributed by atoms with Crippen molar-refractivity contribution in [2.24, 2.45) is 5.41 Å². The van der Waals surface area contributed by atoms with Gasteiger partial charge in [-0.25, -0.2) is 24.7 Å². The number of fused-ring (bicyclic) bond motifs is 1. The Kier molecular flexibility index (Phi) is 6.01. The van der Waals surface area contributed by atoms with Gasteiger partial charge < -0.3 is 21.1 Å². The van der Waals surface area contributed by atoms with Gasteiger partial charge in [0.1, 0.15) is 22.2 Å². The second kappa shape index (κ2) is 8.72. The van der Waals surface area contributed by atoms with E-state index in [4.69, 9.17) is 27.4 Å². The van der Waals surface area contributed by atoms with Crippen LogP contribution in [-0.2, 0) is 0 Å². The number of halogens is 1. The molecule has 0 aliphatic carbocycles. The minimum absolute atomic E-state index is 0.0511. The van der Waals surface area contributed by atoms with Crippen LogP contribution >= 0.6 is 23.4 Å². The van der Waals surface area contributed by atoms with Crippen LogP contribution in [0.2, 0.25) is 5.02 Å². The molecule has 0 saturated carbocycles. The molecule has 0 radical (unpaired) electrons. The summed E-state index contributed by atoms with van der Waals surface area (Å²) in [5.41, 5.74) is 6.98. The van der Waals surface area contributed by atoms with Gasteiger partial charge in [-0.2, -0.15) is 0 Å². The third kappa shape index (κ3) is 4.91. The Bertz CT molecular complexity index is 1120. The SMILES string of the molecule is CC1(CNC(=O)O)CCN(c2cnc3nc(Sc4ccnc(N)c4Cl)ccc3n2)CC1. The molecule has 3 aromatic heterocycles. The molecule has 1 aliphatic heterocycles. The number of hydrogen-bond acceptors (Lipinski definition) is 8. The van der Waals surface area contributed by atoms with E-state index < -0.39 is 6.09 Å². The Morgan fingerprint density at radius 2 is 2.06 bits per heavy atom. The largest absolute Gasteiger partial charge is 0.465 e. The lowest BCUT2D eigenvalue weighted by Gasteiger charge is -2.39. The first-order valence-electron chi connectivity index (χ1n) is 9.76. The fraction of sp³-hybridized carbons (Fsp3) is 0.350. The smallest absolute Gasteiger partial charge is 0.404 e. The summed E-state index contributed by atoms with van der Waals surface area (Å²) in [6.45, 7) is 4.15. The number of anilines is 2. The Morgan fingerprint density at radius 1 is 1.29 bits per heavy atom. The minimum atomic E-state index is -0.983. The quantitative estimate of drug-likeness (QED) is 0.522. The van der Waals surface area contributed by atoms with Crippen LogP contribution in [0.1, 0.15) is 19.8 Å². The number of nitrogen functional groups attached to an aromatic ring is 1. The van der Waals surface area contributed by atoms with Crippen molar-refractivity contribution in [3.05, 3.63) is 35.6 Å². The summed E-state index contributed by atoms with van der Waals surface area (Å²) >= 11 is 7.61. The van der Waals surface area contributed by atoms with E-state index in [1.54, 1.807) is 18.5 Å². The van der Waals surface area contributed by atoms with Crippen LogP contribution in [0.4, 0.5) is 16.4 Å². The number of carbonyl (C=O) groups is 1. The first kappa shape index (κ1) is 21.4. The predicted molar refractivity (Wildman–Crippen MR) is 121 cm³/mol. The van der Waals surface area contributed by atoms with E-state index in [9.17, 15) is 4.79 Å². The second-order valence-electron chi connectivity index (χ2n) is 7.79. The normalized spacial score (nSPS) is 15.7. The predicted octanol–water partition coefficient (Wildman–Crippen LogP) is 3.68. The van der Waals surface area contributed by atoms with Crippen molar-refractivity contribution in [1.82, 2.24) is 25.3 Å². The average Bonchev–Trinajstić information content (AvgIpc) is 2.76. The third-order valence-corrected chi connectivity index (χ3v) is 6.93. The Balaban J connectivity index is 1.46. The minimum Gasteiger partial charge on any atom is -0.465 e. The molecule has 0 aromatic carbocycles. The summed E-state index contributed by atoms with van der Waals surface area (Å²) in [6.07, 6.45) is 4.11. The van der Waals surface area contributed by atoms with E-state index in [0.29, 0.717) is 22.7 Å². The zero-order valence-electron chi connectivity index (χ0n) is 16.9. The van der Waals surface area contributed by atoms with Crippen LogP contribution in [0, 0.1) is 5.41 Å². The Labute approximate surface area is 188 Å². The summed E-state index contributed by atoms with van der Waals surface area (Å²) in [4.78, 5) is 31.5. The van der Waals surface area contributed by atoms with Gasteiger partial charge in [0, 0.05) is 30.7 Å². The van der Waals surface area contributed by atoms with E-state index in [0.717, 1.165) is 41.7 Å². The summed E-state index contributed by atoms with van der Waals surface area (Å²) in [5.74, 6) is 1.08. The van der Waals surface area contributed by atoms with Gasteiger partial charge in [0.25, 0.3) is 0 Å². The van der Waals surface area contributed by atoms with Gasteiger partial charge in [-0.05, 0) is 36.5 Å². The summed E-state index contributed by atoms with van der Waals surface area (Å²) in [5, 5.41) is 12.5. The van der Waals surface area contributed by atoms with E-state index in [2.05, 4.69) is 32.1 Å². The van der Waals surface area contributed by atoms with Gasteiger partial charge in [0.15, 0.2) is 5.65 Å². The molecule has 4 rings (SSSR count). The molecule has 4 N–H and O–H groups in total. The fourth-order valence-electron chi connectivity index (χ4n) is 3.46. The molecule has 9 nitrogen and oxygen atoms in total. The maximum Gasteiger partial charge on any atom is 0.404 e. The number of carboxylic acid groups (broad SMARTS) is 1. The van der Waals surface area contributed by atoms with Crippen LogP contribution in [0.5, 0.6) is 0 Å². The molecule has 0 atom stereocenters. The van der Waals surface area contributed by atoms with Crippen LogP contribution in [0.15, 0.2) is 40.5 Å². The van der Waals surface area contributed by atoms with Crippen LogP contribution < -0.4 is 16.0 Å². The van der Waals surface area contributed by atoms with Crippen molar-refractivity contribution in [1.29, 1.82) is 0 Å². The summed E-state index contributed by atoms with van der Waals surface area (Å²) in [6, 6.07) is 5.56. The highest BCUT2D eigenvalue weighted by Crippen LogP contribution is 2.35. The molecule has 0 bridgehead atoms. The Hall–Kier alpha value is -2.85. The molecule has 31 heavy (non-hydrogen) atoms. The standard InChI is InChI=1S/C20H22ClN7O2S/c1-20(11-25-19(29)30)5-8-28(9-6-20)14-10-24-18-12(26-14)2-3-15(27-18)31-13-4-7-23-17(22)16(13)21/h2-4,7,10,25H,5-6,8-9,11H2,1H3,(H2,22,23)(H,29,30). The molecule has 1 aliphatic rings. The fourth-order valence-corrected chi connectivity index (χ4v) is 4.50. The van der Waals surface area contributed by atoms with Crippen LogP contribution in [-0.4, -0.2) is 50.8 Å². The first-order valence-corrected chi connectivity index (χ1v) is 11.0. The third-order valence-electron chi connectivity index (χ3n) is 5.42. The topological polar surface area (TPSA) is 130 Å². The monoisotopic (exact) mass is 459 g/mol. The van der Waals surface area contributed by atoms with E-state index in [1.165, 1.54) is 11.8 Å². The highest BCUT2D eigenvalue weighted by molar-refractivity contribution is 7.99. The molecular weight excluding hydrogens is 438 g/mol. The van der Waals surface area contributed by atoms with Crippen molar-refractivity contribution in [2.45, 2.75) is 29.7 Å². The number of amides is 1. The Morgan fingerprint density at radius 3 is 2.81 bits per heavy atom. The van der Waals surface area contributed by atoms with E-state index >= 15 is 0 Å². The maximum absolute atomic E-state index is 10.8. The van der Waals surface area contributed by atoms with Gasteiger partial charge in [0.2, 0.25) is 0 Å². The van der Waals surface area contributed by atoms with E-state index in [1.807, 2.05) is 12.1 Å². The van der Waals surface area contributed by atoms with Gasteiger partial charge in [0.05, 0.1) is 11.2 Å². The number of nitrogens with zero attached hydrogens (tertiary/aromatic N) is 5. The van der Waals surface area contributed by atoms with Crippen molar-refractivity contribution < 1.29 is 9.90 Å². The second-order valence-corrected chi connectivity index (χ2v) is 9.23. The van der Waals surface area contributed by atoms with Crippen molar-refractivity contribution in [2.75, 3.05) is 30.3 Å². The molecule has 1 saturated heterocycles. The van der Waals surface area contributed by atoms with Gasteiger partial charge in [-0.15, -0.1) is 0 Å². The number of pyridine rings is 2.